The van der Waals surface area contributed by atoms with Crippen molar-refractivity contribution in [3.8, 4) is 0 Å². The number of thioether (sulfide) groups is 1. The van der Waals surface area contributed by atoms with Gasteiger partial charge >= 0.3 is 0 Å². The summed E-state index contributed by atoms with van der Waals surface area (Å²) in [7, 11) is 0. The molecule has 0 aliphatic carbocycles. The minimum atomic E-state index is -0.271. The van der Waals surface area contributed by atoms with Gasteiger partial charge in [0, 0.05) is 37.1 Å². The summed E-state index contributed by atoms with van der Waals surface area (Å²) in [6, 6.07) is 6.55. The van der Waals surface area contributed by atoms with E-state index < -0.39 is 0 Å². The SMILES string of the molecule is Cl.O=C(CC1CSCCN1)NCc1cccc(F)c1. The number of halogens is 2. The molecule has 2 N–H and O–H groups in total. The van der Waals surface area contributed by atoms with E-state index in [2.05, 4.69) is 10.6 Å². The van der Waals surface area contributed by atoms with Gasteiger partial charge in [0.1, 0.15) is 5.82 Å². The normalized spacial score (nSPS) is 18.5. The summed E-state index contributed by atoms with van der Waals surface area (Å²) in [5.41, 5.74) is 0.786. The maximum atomic E-state index is 12.9. The molecule has 0 saturated carbocycles. The van der Waals surface area contributed by atoms with Crippen molar-refractivity contribution in [3.05, 3.63) is 35.6 Å². The molecule has 1 aliphatic rings. The molecular weight excluding hydrogens is 287 g/mol. The van der Waals surface area contributed by atoms with Gasteiger partial charge in [-0.1, -0.05) is 12.1 Å². The maximum Gasteiger partial charge on any atom is 0.221 e. The van der Waals surface area contributed by atoms with Crippen molar-refractivity contribution in [3.63, 3.8) is 0 Å². The quantitative estimate of drug-likeness (QED) is 0.893. The molecule has 19 heavy (non-hydrogen) atoms. The first-order valence-electron chi connectivity index (χ1n) is 6.06. The molecule has 2 rings (SSSR count). The van der Waals surface area contributed by atoms with Gasteiger partial charge in [0.25, 0.3) is 0 Å². The van der Waals surface area contributed by atoms with Crippen LogP contribution < -0.4 is 10.6 Å². The molecule has 0 aromatic heterocycles. The van der Waals surface area contributed by atoms with Crippen LogP contribution in [0.15, 0.2) is 24.3 Å². The van der Waals surface area contributed by atoms with Gasteiger partial charge in [-0.2, -0.15) is 11.8 Å². The third kappa shape index (κ3) is 5.80. The van der Waals surface area contributed by atoms with Crippen molar-refractivity contribution in [2.75, 3.05) is 18.1 Å². The van der Waals surface area contributed by atoms with E-state index in [-0.39, 0.29) is 30.2 Å². The number of carbonyl (C=O) groups excluding carboxylic acids is 1. The standard InChI is InChI=1S/C13H17FN2OS.ClH/c14-11-3-1-2-10(6-11)8-16-13(17)7-12-9-18-5-4-15-12;/h1-3,6,12,15H,4-5,7-9H2,(H,16,17);1H. The van der Waals surface area contributed by atoms with Gasteiger partial charge in [0.2, 0.25) is 5.91 Å². The minimum Gasteiger partial charge on any atom is -0.352 e. The van der Waals surface area contributed by atoms with Crippen molar-refractivity contribution in [2.45, 2.75) is 19.0 Å². The molecule has 1 heterocycles. The molecule has 106 valence electrons. The molecule has 1 aromatic rings. The van der Waals surface area contributed by atoms with Crippen LogP contribution in [0.1, 0.15) is 12.0 Å². The molecule has 1 amide bonds. The van der Waals surface area contributed by atoms with E-state index in [4.69, 9.17) is 0 Å². The van der Waals surface area contributed by atoms with Crippen molar-refractivity contribution in [1.29, 1.82) is 0 Å². The lowest BCUT2D eigenvalue weighted by Crippen LogP contribution is -2.41. The lowest BCUT2D eigenvalue weighted by Gasteiger charge is -2.22. The van der Waals surface area contributed by atoms with Crippen LogP contribution in [0.25, 0.3) is 0 Å². The number of carbonyl (C=O) groups is 1. The Bertz CT molecular complexity index is 413. The first-order valence-corrected chi connectivity index (χ1v) is 7.22. The number of benzene rings is 1. The molecule has 1 aromatic carbocycles. The molecule has 0 spiro atoms. The second kappa shape index (κ2) is 8.40. The molecule has 1 aliphatic heterocycles. The van der Waals surface area contributed by atoms with E-state index in [1.165, 1.54) is 12.1 Å². The second-order valence-electron chi connectivity index (χ2n) is 4.34. The van der Waals surface area contributed by atoms with Crippen LogP contribution in [0.4, 0.5) is 4.39 Å². The summed E-state index contributed by atoms with van der Waals surface area (Å²) in [4.78, 5) is 11.7. The van der Waals surface area contributed by atoms with Gasteiger partial charge in [-0.25, -0.2) is 4.39 Å². The Kier molecular flexibility index (Phi) is 7.20. The van der Waals surface area contributed by atoms with E-state index in [9.17, 15) is 9.18 Å². The molecule has 1 atom stereocenters. The minimum absolute atomic E-state index is 0. The van der Waals surface area contributed by atoms with Crippen LogP contribution >= 0.6 is 24.2 Å². The second-order valence-corrected chi connectivity index (χ2v) is 5.49. The fourth-order valence-electron chi connectivity index (χ4n) is 1.89. The molecule has 3 nitrogen and oxygen atoms in total. The Labute approximate surface area is 123 Å². The smallest absolute Gasteiger partial charge is 0.221 e. The summed E-state index contributed by atoms with van der Waals surface area (Å²) >= 11 is 1.87. The van der Waals surface area contributed by atoms with Gasteiger partial charge in [-0.05, 0) is 17.7 Å². The van der Waals surface area contributed by atoms with E-state index in [1.54, 1.807) is 12.1 Å². The van der Waals surface area contributed by atoms with Crippen LogP contribution in [0.5, 0.6) is 0 Å². The third-order valence-electron chi connectivity index (χ3n) is 2.81. The van der Waals surface area contributed by atoms with Crippen molar-refractivity contribution in [1.82, 2.24) is 10.6 Å². The number of amides is 1. The lowest BCUT2D eigenvalue weighted by atomic mass is 10.2. The van der Waals surface area contributed by atoms with Gasteiger partial charge in [0.05, 0.1) is 0 Å². The highest BCUT2D eigenvalue weighted by Gasteiger charge is 2.16. The molecule has 1 unspecified atom stereocenters. The molecular formula is C13H18ClFN2OS. The highest BCUT2D eigenvalue weighted by Crippen LogP contribution is 2.10. The Morgan fingerprint density at radius 1 is 1.53 bits per heavy atom. The Hall–Kier alpha value is -0.780. The molecule has 0 bridgehead atoms. The summed E-state index contributed by atoms with van der Waals surface area (Å²) in [6.45, 7) is 1.35. The van der Waals surface area contributed by atoms with E-state index in [1.807, 2.05) is 11.8 Å². The maximum absolute atomic E-state index is 12.9. The monoisotopic (exact) mass is 304 g/mol. The summed E-state index contributed by atoms with van der Waals surface area (Å²) in [5, 5.41) is 6.13. The van der Waals surface area contributed by atoms with Crippen LogP contribution in [0.2, 0.25) is 0 Å². The van der Waals surface area contributed by atoms with Crippen molar-refractivity contribution < 1.29 is 9.18 Å². The highest BCUT2D eigenvalue weighted by molar-refractivity contribution is 7.99. The van der Waals surface area contributed by atoms with Crippen molar-refractivity contribution >= 4 is 30.1 Å². The predicted molar refractivity (Wildman–Crippen MR) is 79.2 cm³/mol. The lowest BCUT2D eigenvalue weighted by molar-refractivity contribution is -0.121. The van der Waals surface area contributed by atoms with E-state index >= 15 is 0 Å². The first-order chi connectivity index (χ1) is 8.74. The number of rotatable bonds is 4. The van der Waals surface area contributed by atoms with Crippen LogP contribution in [-0.4, -0.2) is 30.0 Å². The van der Waals surface area contributed by atoms with Gasteiger partial charge in [-0.15, -0.1) is 12.4 Å². The zero-order valence-electron chi connectivity index (χ0n) is 10.5. The zero-order chi connectivity index (χ0) is 12.8. The van der Waals surface area contributed by atoms with E-state index in [0.717, 1.165) is 23.6 Å². The zero-order valence-corrected chi connectivity index (χ0v) is 12.2. The average molecular weight is 305 g/mol. The largest absolute Gasteiger partial charge is 0.352 e. The van der Waals surface area contributed by atoms with Crippen LogP contribution in [-0.2, 0) is 11.3 Å². The molecule has 0 radical (unpaired) electrons. The molecule has 1 saturated heterocycles. The molecule has 1 fully saturated rings. The fraction of sp³-hybridized carbons (Fsp3) is 0.462. The van der Waals surface area contributed by atoms with Gasteiger partial charge < -0.3 is 10.6 Å². The van der Waals surface area contributed by atoms with Crippen LogP contribution in [0.3, 0.4) is 0 Å². The Morgan fingerprint density at radius 2 is 2.37 bits per heavy atom. The number of hydrogen-bond acceptors (Lipinski definition) is 3. The summed E-state index contributed by atoms with van der Waals surface area (Å²) in [6.07, 6.45) is 0.488. The van der Waals surface area contributed by atoms with Gasteiger partial charge in [0.15, 0.2) is 0 Å². The fourth-order valence-corrected chi connectivity index (χ4v) is 2.84. The van der Waals surface area contributed by atoms with Crippen LogP contribution in [0, 0.1) is 5.82 Å². The average Bonchev–Trinajstić information content (AvgIpc) is 2.38. The predicted octanol–water partition coefficient (Wildman–Crippen LogP) is 1.96. The van der Waals surface area contributed by atoms with E-state index in [0.29, 0.717) is 13.0 Å². The third-order valence-corrected chi connectivity index (χ3v) is 3.94. The summed E-state index contributed by atoms with van der Waals surface area (Å²) in [5.74, 6) is 1.83. The number of hydrogen-bond donors (Lipinski definition) is 2. The Balaban J connectivity index is 0.00000180. The van der Waals surface area contributed by atoms with Gasteiger partial charge in [-0.3, -0.25) is 4.79 Å². The number of nitrogens with one attached hydrogen (secondary N) is 2. The first kappa shape index (κ1) is 16.3. The Morgan fingerprint density at radius 3 is 3.05 bits per heavy atom. The topological polar surface area (TPSA) is 41.1 Å². The van der Waals surface area contributed by atoms with Crippen molar-refractivity contribution in [2.24, 2.45) is 0 Å². The molecule has 6 heteroatoms. The summed E-state index contributed by atoms with van der Waals surface area (Å²) < 4.78 is 12.9. The highest BCUT2D eigenvalue weighted by atomic mass is 35.5.